The average molecular weight is 453 g/mol. The number of nitrogens with one attached hydrogen (secondary N) is 1. The zero-order valence-electron chi connectivity index (χ0n) is 20.6. The quantitative estimate of drug-likeness (QED) is 0.642. The fourth-order valence-corrected chi connectivity index (χ4v) is 4.89. The van der Waals surface area contributed by atoms with E-state index in [-0.39, 0.29) is 40.9 Å². The summed E-state index contributed by atoms with van der Waals surface area (Å²) in [6, 6.07) is 4.16. The van der Waals surface area contributed by atoms with E-state index < -0.39 is 0 Å². The molecule has 1 saturated carbocycles. The van der Waals surface area contributed by atoms with E-state index in [1.54, 1.807) is 34.9 Å². The molecule has 0 bridgehead atoms. The van der Waals surface area contributed by atoms with Crippen LogP contribution < -0.4 is 11.0 Å². The first-order valence-corrected chi connectivity index (χ1v) is 11.8. The Hall–Kier alpha value is -2.90. The van der Waals surface area contributed by atoms with E-state index in [2.05, 4.69) is 51.0 Å². The van der Waals surface area contributed by atoms with Crippen LogP contribution in [0.5, 0.6) is 0 Å². The van der Waals surface area contributed by atoms with Gasteiger partial charge in [-0.2, -0.15) is 0 Å². The molecule has 1 N–H and O–H groups in total. The van der Waals surface area contributed by atoms with Gasteiger partial charge in [-0.05, 0) is 42.2 Å². The van der Waals surface area contributed by atoms with Gasteiger partial charge in [0.15, 0.2) is 5.65 Å². The van der Waals surface area contributed by atoms with Gasteiger partial charge in [-0.25, -0.2) is 14.8 Å². The van der Waals surface area contributed by atoms with Crippen LogP contribution in [0.1, 0.15) is 65.5 Å². The number of hydrogen-bond donors (Lipinski definition) is 1. The normalized spacial score (nSPS) is 20.8. The highest BCUT2D eigenvalue weighted by molar-refractivity contribution is 5.76. The minimum Gasteiger partial charge on any atom is -0.351 e. The third kappa shape index (κ3) is 4.89. The monoisotopic (exact) mass is 452 g/mol. The maximum atomic E-state index is 12.9. The summed E-state index contributed by atoms with van der Waals surface area (Å²) in [6.45, 7) is 11.7. The molecule has 1 amide bonds. The molecule has 8 heteroatoms. The number of hydrogen-bond acceptors (Lipinski definition) is 4. The molecule has 3 aromatic rings. The maximum Gasteiger partial charge on any atom is 0.330 e. The second-order valence-electron chi connectivity index (χ2n) is 11.4. The van der Waals surface area contributed by atoms with Crippen LogP contribution in [0, 0.1) is 10.8 Å². The SMILES string of the molecule is Cn1c(=O)n(CC(C)(C)C)c2ccc(C3CCC(C)(C)C(NC(=O)Cn4ccnc4)C3)nc21. The van der Waals surface area contributed by atoms with Gasteiger partial charge in [-0.15, -0.1) is 0 Å². The molecule has 3 heterocycles. The highest BCUT2D eigenvalue weighted by Crippen LogP contribution is 2.42. The number of rotatable bonds is 5. The van der Waals surface area contributed by atoms with Crippen LogP contribution in [-0.4, -0.2) is 35.6 Å². The average Bonchev–Trinajstić information content (AvgIpc) is 3.31. The molecule has 0 radical (unpaired) electrons. The smallest absolute Gasteiger partial charge is 0.330 e. The highest BCUT2D eigenvalue weighted by atomic mass is 16.2. The van der Waals surface area contributed by atoms with Gasteiger partial charge >= 0.3 is 5.69 Å². The highest BCUT2D eigenvalue weighted by Gasteiger charge is 2.38. The second kappa shape index (κ2) is 8.47. The van der Waals surface area contributed by atoms with Crippen LogP contribution >= 0.6 is 0 Å². The molecule has 178 valence electrons. The number of carbonyl (C=O) groups excluding carboxylic acids is 1. The van der Waals surface area contributed by atoms with Gasteiger partial charge in [-0.1, -0.05) is 34.6 Å². The summed E-state index contributed by atoms with van der Waals surface area (Å²) in [5, 5.41) is 3.26. The predicted octanol–water partition coefficient (Wildman–Crippen LogP) is 3.46. The van der Waals surface area contributed by atoms with Gasteiger partial charge in [-0.3, -0.25) is 13.9 Å². The lowest BCUT2D eigenvalue weighted by Crippen LogP contribution is -2.49. The first-order chi connectivity index (χ1) is 15.4. The van der Waals surface area contributed by atoms with E-state index in [4.69, 9.17) is 4.98 Å². The fourth-order valence-electron chi connectivity index (χ4n) is 4.89. The van der Waals surface area contributed by atoms with Crippen molar-refractivity contribution in [2.45, 2.75) is 78.9 Å². The Bertz CT molecular complexity index is 1200. The molecule has 0 spiro atoms. The lowest BCUT2D eigenvalue weighted by Gasteiger charge is -2.42. The number of imidazole rings is 2. The Morgan fingerprint density at radius 3 is 2.70 bits per heavy atom. The number of fused-ring (bicyclic) bond motifs is 1. The van der Waals surface area contributed by atoms with E-state index in [0.29, 0.717) is 6.54 Å². The van der Waals surface area contributed by atoms with Crippen molar-refractivity contribution in [1.82, 2.24) is 29.0 Å². The van der Waals surface area contributed by atoms with Crippen molar-refractivity contribution in [2.75, 3.05) is 0 Å². The maximum absolute atomic E-state index is 12.9. The fraction of sp³-hybridized carbons (Fsp3) is 0.600. The van der Waals surface area contributed by atoms with Gasteiger partial charge in [0.1, 0.15) is 6.54 Å². The minimum absolute atomic E-state index is 0.00297. The number of carbonyl (C=O) groups is 1. The van der Waals surface area contributed by atoms with Crippen molar-refractivity contribution in [3.8, 4) is 0 Å². The largest absolute Gasteiger partial charge is 0.351 e. The summed E-state index contributed by atoms with van der Waals surface area (Å²) in [6.07, 6.45) is 7.97. The van der Waals surface area contributed by atoms with Crippen LogP contribution in [0.2, 0.25) is 0 Å². The van der Waals surface area contributed by atoms with E-state index in [9.17, 15) is 9.59 Å². The Morgan fingerprint density at radius 2 is 2.03 bits per heavy atom. The Kier molecular flexibility index (Phi) is 5.97. The molecule has 8 nitrogen and oxygen atoms in total. The van der Waals surface area contributed by atoms with Gasteiger partial charge in [0.2, 0.25) is 5.91 Å². The summed E-state index contributed by atoms with van der Waals surface area (Å²) >= 11 is 0. The lowest BCUT2D eigenvalue weighted by atomic mass is 9.68. The molecule has 0 saturated heterocycles. The Labute approximate surface area is 195 Å². The topological polar surface area (TPSA) is 86.7 Å². The molecule has 0 aliphatic heterocycles. The molecule has 4 rings (SSSR count). The standard InChI is InChI=1S/C25H36N6O2/c1-24(2,3)15-31-19-8-7-18(27-22(19)29(6)23(31)33)17-9-10-25(4,5)20(13-17)28-21(32)14-30-12-11-26-16-30/h7-8,11-12,16-17,20H,9-10,13-15H2,1-6H3,(H,28,32). The van der Waals surface area contributed by atoms with Gasteiger partial charge in [0.25, 0.3) is 0 Å². The molecule has 0 aromatic carbocycles. The zero-order valence-corrected chi connectivity index (χ0v) is 20.6. The molecule has 2 unspecified atom stereocenters. The molecular formula is C25H36N6O2. The number of aryl methyl sites for hydroxylation is 1. The van der Waals surface area contributed by atoms with Crippen LogP contribution in [0.3, 0.4) is 0 Å². The second-order valence-corrected chi connectivity index (χ2v) is 11.4. The lowest BCUT2D eigenvalue weighted by molar-refractivity contribution is -0.123. The minimum atomic E-state index is -0.0287. The van der Waals surface area contributed by atoms with Crippen molar-refractivity contribution >= 4 is 17.1 Å². The summed E-state index contributed by atoms with van der Waals surface area (Å²) < 4.78 is 5.26. The molecule has 2 atom stereocenters. The van der Waals surface area contributed by atoms with Crippen LogP contribution in [0.15, 0.2) is 35.6 Å². The van der Waals surface area contributed by atoms with E-state index in [0.717, 1.165) is 36.1 Å². The van der Waals surface area contributed by atoms with E-state index in [1.807, 2.05) is 10.6 Å². The van der Waals surface area contributed by atoms with Crippen molar-refractivity contribution < 1.29 is 4.79 Å². The molecular weight excluding hydrogens is 416 g/mol. The van der Waals surface area contributed by atoms with E-state index in [1.165, 1.54) is 0 Å². The summed E-state index contributed by atoms with van der Waals surface area (Å²) in [4.78, 5) is 34.5. The number of pyridine rings is 1. The molecule has 1 aliphatic carbocycles. The summed E-state index contributed by atoms with van der Waals surface area (Å²) in [5.41, 5.74) is 2.58. The zero-order chi connectivity index (χ0) is 24.0. The van der Waals surface area contributed by atoms with Crippen LogP contribution in [-0.2, 0) is 24.9 Å². The third-order valence-electron chi connectivity index (χ3n) is 6.87. The number of nitrogens with zero attached hydrogens (tertiary/aromatic N) is 5. The predicted molar refractivity (Wildman–Crippen MR) is 129 cm³/mol. The number of aromatic nitrogens is 5. The first kappa shape index (κ1) is 23.3. The molecule has 33 heavy (non-hydrogen) atoms. The van der Waals surface area contributed by atoms with Crippen molar-refractivity contribution in [3.63, 3.8) is 0 Å². The van der Waals surface area contributed by atoms with E-state index >= 15 is 0 Å². The molecule has 3 aromatic heterocycles. The Morgan fingerprint density at radius 1 is 1.27 bits per heavy atom. The van der Waals surface area contributed by atoms with Crippen molar-refractivity contribution in [2.24, 2.45) is 17.9 Å². The molecule has 1 fully saturated rings. The van der Waals surface area contributed by atoms with Crippen LogP contribution in [0.25, 0.3) is 11.2 Å². The number of amides is 1. The first-order valence-electron chi connectivity index (χ1n) is 11.8. The summed E-state index contributed by atoms with van der Waals surface area (Å²) in [5.74, 6) is 0.235. The van der Waals surface area contributed by atoms with Gasteiger partial charge < -0.3 is 9.88 Å². The third-order valence-corrected chi connectivity index (χ3v) is 6.87. The van der Waals surface area contributed by atoms with Gasteiger partial charge in [0.05, 0.1) is 11.8 Å². The van der Waals surface area contributed by atoms with Gasteiger partial charge in [0, 0.05) is 43.6 Å². The summed E-state index contributed by atoms with van der Waals surface area (Å²) in [7, 11) is 1.80. The molecule has 1 aliphatic rings. The van der Waals surface area contributed by atoms with Crippen molar-refractivity contribution in [3.05, 3.63) is 47.0 Å². The Balaban J connectivity index is 1.57. The van der Waals surface area contributed by atoms with Crippen LogP contribution in [0.4, 0.5) is 0 Å². The van der Waals surface area contributed by atoms with Crippen molar-refractivity contribution in [1.29, 1.82) is 0 Å².